The third kappa shape index (κ3) is 1.88. The van der Waals surface area contributed by atoms with Crippen molar-refractivity contribution in [2.75, 3.05) is 11.9 Å². The number of hydrogen-bond donors (Lipinski definition) is 1. The standard InChI is InChI=1S/C17H23N3/c1-11-15(18-10-14-16(2,3)17(14,4)5)20-13-9-7-6-8-12(13)19-11/h6-9,14H,10H2,1-5H3,(H,18,20). The quantitative estimate of drug-likeness (QED) is 0.914. The van der Waals surface area contributed by atoms with E-state index in [1.165, 1.54) is 0 Å². The second-order valence-corrected chi connectivity index (χ2v) is 7.02. The molecule has 2 aromatic rings. The van der Waals surface area contributed by atoms with Gasteiger partial charge in [0, 0.05) is 6.54 Å². The molecular formula is C17H23N3. The molecular weight excluding hydrogens is 246 g/mol. The number of hydrogen-bond acceptors (Lipinski definition) is 3. The Morgan fingerprint density at radius 1 is 1.00 bits per heavy atom. The maximum atomic E-state index is 4.70. The Morgan fingerprint density at radius 3 is 2.10 bits per heavy atom. The Morgan fingerprint density at radius 2 is 1.55 bits per heavy atom. The molecule has 106 valence electrons. The molecule has 0 radical (unpaired) electrons. The van der Waals surface area contributed by atoms with Crippen LogP contribution in [-0.2, 0) is 0 Å². The van der Waals surface area contributed by atoms with Crippen molar-refractivity contribution in [3.05, 3.63) is 30.0 Å². The summed E-state index contributed by atoms with van der Waals surface area (Å²) in [5.41, 5.74) is 3.69. The van der Waals surface area contributed by atoms with Crippen LogP contribution in [0.15, 0.2) is 24.3 Å². The predicted molar refractivity (Wildman–Crippen MR) is 83.8 cm³/mol. The summed E-state index contributed by atoms with van der Waals surface area (Å²) in [6, 6.07) is 8.02. The van der Waals surface area contributed by atoms with Gasteiger partial charge >= 0.3 is 0 Å². The van der Waals surface area contributed by atoms with E-state index in [9.17, 15) is 0 Å². The average Bonchev–Trinajstić information content (AvgIpc) is 2.77. The number of anilines is 1. The van der Waals surface area contributed by atoms with Gasteiger partial charge in [0.15, 0.2) is 0 Å². The van der Waals surface area contributed by atoms with Crippen molar-refractivity contribution < 1.29 is 0 Å². The number of nitrogens with zero attached hydrogens (tertiary/aromatic N) is 2. The molecule has 1 aliphatic carbocycles. The van der Waals surface area contributed by atoms with E-state index in [1.807, 2.05) is 31.2 Å². The van der Waals surface area contributed by atoms with Crippen molar-refractivity contribution in [3.8, 4) is 0 Å². The molecule has 1 saturated carbocycles. The lowest BCUT2D eigenvalue weighted by Crippen LogP contribution is -2.11. The third-order valence-corrected chi connectivity index (χ3v) is 5.54. The molecule has 3 nitrogen and oxygen atoms in total. The summed E-state index contributed by atoms with van der Waals surface area (Å²) in [6.45, 7) is 12.4. The molecule has 0 unspecified atom stereocenters. The van der Waals surface area contributed by atoms with Crippen LogP contribution in [0.1, 0.15) is 33.4 Å². The van der Waals surface area contributed by atoms with Gasteiger partial charge in [0.05, 0.1) is 16.7 Å². The Balaban J connectivity index is 1.80. The Bertz CT molecular complexity index is 644. The monoisotopic (exact) mass is 269 g/mol. The van der Waals surface area contributed by atoms with Gasteiger partial charge in [-0.1, -0.05) is 39.8 Å². The first-order valence-corrected chi connectivity index (χ1v) is 7.31. The number of nitrogens with one attached hydrogen (secondary N) is 1. The van der Waals surface area contributed by atoms with Gasteiger partial charge in [-0.15, -0.1) is 0 Å². The molecule has 1 aliphatic rings. The SMILES string of the molecule is Cc1nc2ccccc2nc1NCC1C(C)(C)C1(C)C. The highest BCUT2D eigenvalue weighted by atomic mass is 15.0. The number of aryl methyl sites for hydroxylation is 1. The van der Waals surface area contributed by atoms with E-state index in [0.717, 1.165) is 29.1 Å². The molecule has 0 amide bonds. The summed E-state index contributed by atoms with van der Waals surface area (Å²) in [5.74, 6) is 1.60. The van der Waals surface area contributed by atoms with Crippen LogP contribution in [0.5, 0.6) is 0 Å². The van der Waals surface area contributed by atoms with Gasteiger partial charge in [0.2, 0.25) is 0 Å². The third-order valence-electron chi connectivity index (χ3n) is 5.54. The fraction of sp³-hybridized carbons (Fsp3) is 0.529. The molecule has 1 heterocycles. The topological polar surface area (TPSA) is 37.8 Å². The normalized spacial score (nSPS) is 20.1. The summed E-state index contributed by atoms with van der Waals surface area (Å²) in [4.78, 5) is 9.32. The molecule has 1 N–H and O–H groups in total. The number of para-hydroxylation sites is 2. The maximum Gasteiger partial charge on any atom is 0.148 e. The van der Waals surface area contributed by atoms with E-state index in [2.05, 4.69) is 38.0 Å². The second kappa shape index (κ2) is 4.18. The zero-order valence-corrected chi connectivity index (χ0v) is 13.0. The molecule has 0 aliphatic heterocycles. The number of rotatable bonds is 3. The van der Waals surface area contributed by atoms with E-state index in [0.29, 0.717) is 16.7 Å². The van der Waals surface area contributed by atoms with E-state index in [1.54, 1.807) is 0 Å². The van der Waals surface area contributed by atoms with Crippen LogP contribution in [0.3, 0.4) is 0 Å². The molecule has 0 atom stereocenters. The minimum Gasteiger partial charge on any atom is -0.368 e. The number of benzene rings is 1. The molecule has 0 bridgehead atoms. The molecule has 0 saturated heterocycles. The van der Waals surface area contributed by atoms with Gasteiger partial charge in [-0.25, -0.2) is 9.97 Å². The highest BCUT2D eigenvalue weighted by Gasteiger charge is 2.64. The number of aromatic nitrogens is 2. The van der Waals surface area contributed by atoms with Gasteiger partial charge in [0.25, 0.3) is 0 Å². The predicted octanol–water partition coefficient (Wildman–Crippen LogP) is 4.03. The molecule has 20 heavy (non-hydrogen) atoms. The summed E-state index contributed by atoms with van der Waals surface area (Å²) < 4.78 is 0. The van der Waals surface area contributed by atoms with Crippen LogP contribution in [0.4, 0.5) is 5.82 Å². The first-order chi connectivity index (χ1) is 9.34. The lowest BCUT2D eigenvalue weighted by Gasteiger charge is -2.10. The van der Waals surface area contributed by atoms with E-state index in [4.69, 9.17) is 4.98 Å². The maximum absolute atomic E-state index is 4.70. The smallest absolute Gasteiger partial charge is 0.148 e. The van der Waals surface area contributed by atoms with Gasteiger partial charge in [-0.05, 0) is 35.8 Å². The Labute approximate surface area is 120 Å². The first kappa shape index (κ1) is 13.3. The highest BCUT2D eigenvalue weighted by Crippen LogP contribution is 2.68. The van der Waals surface area contributed by atoms with Crippen LogP contribution in [0.2, 0.25) is 0 Å². The first-order valence-electron chi connectivity index (χ1n) is 7.31. The second-order valence-electron chi connectivity index (χ2n) is 7.02. The van der Waals surface area contributed by atoms with Crippen molar-refractivity contribution in [3.63, 3.8) is 0 Å². The van der Waals surface area contributed by atoms with Crippen LogP contribution in [-0.4, -0.2) is 16.5 Å². The van der Waals surface area contributed by atoms with Crippen molar-refractivity contribution in [1.82, 2.24) is 9.97 Å². The molecule has 3 rings (SSSR count). The fourth-order valence-electron chi connectivity index (χ4n) is 3.30. The molecule has 1 fully saturated rings. The van der Waals surface area contributed by atoms with Crippen molar-refractivity contribution in [2.45, 2.75) is 34.6 Å². The summed E-state index contributed by atoms with van der Waals surface area (Å²) in [7, 11) is 0. The molecule has 1 aromatic carbocycles. The van der Waals surface area contributed by atoms with Gasteiger partial charge in [-0.3, -0.25) is 0 Å². The lowest BCUT2D eigenvalue weighted by atomic mass is 10.0. The largest absolute Gasteiger partial charge is 0.368 e. The number of fused-ring (bicyclic) bond motifs is 1. The summed E-state index contributed by atoms with van der Waals surface area (Å²) in [6.07, 6.45) is 0. The fourth-order valence-corrected chi connectivity index (χ4v) is 3.30. The van der Waals surface area contributed by atoms with Gasteiger partial charge in [0.1, 0.15) is 5.82 Å². The summed E-state index contributed by atoms with van der Waals surface area (Å²) >= 11 is 0. The van der Waals surface area contributed by atoms with Crippen LogP contribution in [0, 0.1) is 23.7 Å². The van der Waals surface area contributed by atoms with E-state index in [-0.39, 0.29) is 0 Å². The Kier molecular flexibility index (Phi) is 2.79. The van der Waals surface area contributed by atoms with Gasteiger partial charge in [-0.2, -0.15) is 0 Å². The molecule has 0 spiro atoms. The Hall–Kier alpha value is -1.64. The van der Waals surface area contributed by atoms with Gasteiger partial charge < -0.3 is 5.32 Å². The zero-order chi connectivity index (χ0) is 14.5. The van der Waals surface area contributed by atoms with Crippen molar-refractivity contribution in [1.29, 1.82) is 0 Å². The van der Waals surface area contributed by atoms with E-state index < -0.39 is 0 Å². The lowest BCUT2D eigenvalue weighted by molar-refractivity contribution is 0.457. The van der Waals surface area contributed by atoms with Crippen molar-refractivity contribution >= 4 is 16.9 Å². The van der Waals surface area contributed by atoms with Crippen LogP contribution < -0.4 is 5.32 Å². The zero-order valence-electron chi connectivity index (χ0n) is 13.0. The minimum absolute atomic E-state index is 0.401. The van der Waals surface area contributed by atoms with E-state index >= 15 is 0 Å². The summed E-state index contributed by atoms with van der Waals surface area (Å²) in [5, 5.41) is 3.50. The molecule has 3 heteroatoms. The van der Waals surface area contributed by atoms with Crippen LogP contribution in [0.25, 0.3) is 11.0 Å². The molecule has 1 aromatic heterocycles. The van der Waals surface area contributed by atoms with Crippen LogP contribution >= 0.6 is 0 Å². The minimum atomic E-state index is 0.401. The van der Waals surface area contributed by atoms with Crippen molar-refractivity contribution in [2.24, 2.45) is 16.7 Å². The highest BCUT2D eigenvalue weighted by molar-refractivity contribution is 5.76. The average molecular weight is 269 g/mol.